The fraction of sp³-hybridized carbons (Fsp3) is 0.417. The van der Waals surface area contributed by atoms with Crippen molar-refractivity contribution in [3.8, 4) is 0 Å². The van der Waals surface area contributed by atoms with Gasteiger partial charge in [-0.3, -0.25) is 13.9 Å². The fourth-order valence-electron chi connectivity index (χ4n) is 4.06. The lowest BCUT2D eigenvalue weighted by atomic mass is 10.1. The third kappa shape index (κ3) is 7.08. The number of hydrogen-bond donors (Lipinski definition) is 1. The number of benzene rings is 2. The summed E-state index contributed by atoms with van der Waals surface area (Å²) in [7, 11) is -4.07. The van der Waals surface area contributed by atoms with Gasteiger partial charge in [0.15, 0.2) is 11.6 Å². The van der Waals surface area contributed by atoms with Crippen LogP contribution in [0.25, 0.3) is 0 Å². The van der Waals surface area contributed by atoms with Gasteiger partial charge in [0.2, 0.25) is 21.8 Å². The van der Waals surface area contributed by atoms with Crippen LogP contribution in [0.3, 0.4) is 0 Å². The summed E-state index contributed by atoms with van der Waals surface area (Å²) >= 11 is 12.1. The molecule has 0 aromatic heterocycles. The molecule has 196 valence electrons. The molecule has 1 saturated carbocycles. The molecule has 2 aromatic rings. The van der Waals surface area contributed by atoms with Crippen molar-refractivity contribution in [3.05, 3.63) is 63.6 Å². The highest BCUT2D eigenvalue weighted by atomic mass is 35.5. The van der Waals surface area contributed by atoms with Crippen LogP contribution in [0.1, 0.15) is 38.2 Å². The Morgan fingerprint density at radius 3 is 2.31 bits per heavy atom. The molecule has 1 N–H and O–H groups in total. The van der Waals surface area contributed by atoms with E-state index in [9.17, 15) is 26.8 Å². The number of carbonyl (C=O) groups is 2. The van der Waals surface area contributed by atoms with Crippen molar-refractivity contribution in [2.75, 3.05) is 17.1 Å². The molecule has 0 unspecified atom stereocenters. The highest BCUT2D eigenvalue weighted by molar-refractivity contribution is 7.92. The van der Waals surface area contributed by atoms with Crippen molar-refractivity contribution in [2.45, 2.75) is 51.2 Å². The lowest BCUT2D eigenvalue weighted by Crippen LogP contribution is -2.52. The molecule has 1 aliphatic rings. The van der Waals surface area contributed by atoms with Gasteiger partial charge in [0.1, 0.15) is 12.6 Å². The van der Waals surface area contributed by atoms with Crippen LogP contribution in [0.5, 0.6) is 0 Å². The van der Waals surface area contributed by atoms with Gasteiger partial charge in [-0.05, 0) is 49.6 Å². The summed E-state index contributed by atoms with van der Waals surface area (Å²) < 4.78 is 52.9. The van der Waals surface area contributed by atoms with Gasteiger partial charge >= 0.3 is 0 Å². The average molecular weight is 562 g/mol. The Labute approximate surface area is 219 Å². The largest absolute Gasteiger partial charge is 0.352 e. The van der Waals surface area contributed by atoms with Crippen LogP contribution < -0.4 is 9.62 Å². The molecule has 1 atom stereocenters. The first-order chi connectivity index (χ1) is 16.9. The Bertz CT molecular complexity index is 1240. The van der Waals surface area contributed by atoms with Crippen molar-refractivity contribution >= 4 is 50.7 Å². The number of carbonyl (C=O) groups excluding carboxylic acids is 2. The van der Waals surface area contributed by atoms with Gasteiger partial charge in [-0.15, -0.1) is 0 Å². The second-order valence-corrected chi connectivity index (χ2v) is 11.5. The van der Waals surface area contributed by atoms with Crippen LogP contribution in [0.15, 0.2) is 36.4 Å². The lowest BCUT2D eigenvalue weighted by molar-refractivity contribution is -0.139. The van der Waals surface area contributed by atoms with Gasteiger partial charge in [-0.2, -0.15) is 0 Å². The van der Waals surface area contributed by atoms with E-state index in [0.29, 0.717) is 21.0 Å². The van der Waals surface area contributed by atoms with Crippen LogP contribution in [0.2, 0.25) is 10.0 Å². The second kappa shape index (κ2) is 11.7. The maximum atomic E-state index is 13.8. The topological polar surface area (TPSA) is 86.8 Å². The molecule has 0 heterocycles. The summed E-state index contributed by atoms with van der Waals surface area (Å²) in [6, 6.07) is 6.33. The number of nitrogens with zero attached hydrogens (tertiary/aromatic N) is 2. The molecule has 0 aliphatic heterocycles. The fourth-order valence-corrected chi connectivity index (χ4v) is 5.23. The number of hydrogen-bond acceptors (Lipinski definition) is 4. The zero-order chi connectivity index (χ0) is 26.6. The zero-order valence-electron chi connectivity index (χ0n) is 19.8. The minimum Gasteiger partial charge on any atom is -0.352 e. The van der Waals surface area contributed by atoms with E-state index in [1.54, 1.807) is 25.1 Å². The molecule has 0 bridgehead atoms. The first-order valence-corrected chi connectivity index (χ1v) is 13.9. The van der Waals surface area contributed by atoms with Gasteiger partial charge in [-0.25, -0.2) is 17.2 Å². The van der Waals surface area contributed by atoms with E-state index >= 15 is 0 Å². The molecule has 2 amide bonds. The molecule has 12 heteroatoms. The van der Waals surface area contributed by atoms with Crippen LogP contribution in [0, 0.1) is 11.6 Å². The molecule has 7 nitrogen and oxygen atoms in total. The third-order valence-electron chi connectivity index (χ3n) is 6.08. The monoisotopic (exact) mass is 561 g/mol. The molecule has 0 radical (unpaired) electrons. The van der Waals surface area contributed by atoms with Crippen LogP contribution in [-0.4, -0.2) is 50.0 Å². The Morgan fingerprint density at radius 2 is 1.72 bits per heavy atom. The number of rotatable bonds is 9. The van der Waals surface area contributed by atoms with Crippen molar-refractivity contribution in [1.82, 2.24) is 10.2 Å². The third-order valence-corrected chi connectivity index (χ3v) is 7.96. The maximum absolute atomic E-state index is 13.8. The standard InChI is InChI=1S/C24H27Cl2F2N3O4S/c1-15(24(33)29-17-5-3-4-6-17)30(13-16-7-9-19(25)20(26)11-16)23(32)14-31(36(2,34)35)18-8-10-21(27)22(28)12-18/h7-12,15,17H,3-6,13-14H2,1-2H3,(H,29,33)/t15-/m0/s1. The Morgan fingerprint density at radius 1 is 1.06 bits per heavy atom. The minimum atomic E-state index is -4.07. The number of anilines is 1. The van der Waals surface area contributed by atoms with Crippen molar-refractivity contribution in [2.24, 2.45) is 0 Å². The predicted octanol–water partition coefficient (Wildman–Crippen LogP) is 4.51. The summed E-state index contributed by atoms with van der Waals surface area (Å²) in [5.74, 6) is -3.51. The minimum absolute atomic E-state index is 0.0107. The Hall–Kier alpha value is -2.43. The van der Waals surface area contributed by atoms with Crippen LogP contribution in [-0.2, 0) is 26.2 Å². The van der Waals surface area contributed by atoms with Crippen molar-refractivity contribution in [1.29, 1.82) is 0 Å². The summed E-state index contributed by atoms with van der Waals surface area (Å²) in [4.78, 5) is 27.7. The van der Waals surface area contributed by atoms with Gasteiger partial charge < -0.3 is 10.2 Å². The van der Waals surface area contributed by atoms with E-state index in [1.807, 2.05) is 0 Å². The Balaban J connectivity index is 1.91. The van der Waals surface area contributed by atoms with Crippen molar-refractivity contribution in [3.63, 3.8) is 0 Å². The SMILES string of the molecule is C[C@@H](C(=O)NC1CCCC1)N(Cc1ccc(Cl)c(Cl)c1)C(=O)CN(c1ccc(F)c(F)c1)S(C)(=O)=O. The van der Waals surface area contributed by atoms with E-state index in [0.717, 1.165) is 44.1 Å². The second-order valence-electron chi connectivity index (χ2n) is 8.80. The number of sulfonamides is 1. The number of amides is 2. The highest BCUT2D eigenvalue weighted by Crippen LogP contribution is 2.25. The van der Waals surface area contributed by atoms with E-state index in [1.165, 1.54) is 4.90 Å². The molecule has 0 spiro atoms. The molecule has 3 rings (SSSR count). The van der Waals surface area contributed by atoms with E-state index in [-0.39, 0.29) is 29.2 Å². The van der Waals surface area contributed by atoms with Gasteiger partial charge in [0.05, 0.1) is 22.0 Å². The summed E-state index contributed by atoms with van der Waals surface area (Å²) in [6.07, 6.45) is 4.54. The van der Waals surface area contributed by atoms with Crippen molar-refractivity contribution < 1.29 is 26.8 Å². The number of halogens is 4. The molecule has 0 saturated heterocycles. The highest BCUT2D eigenvalue weighted by Gasteiger charge is 2.31. The molecule has 36 heavy (non-hydrogen) atoms. The summed E-state index contributed by atoms with van der Waals surface area (Å²) in [5.41, 5.74) is 0.347. The van der Waals surface area contributed by atoms with E-state index < -0.39 is 40.2 Å². The predicted molar refractivity (Wildman–Crippen MR) is 135 cm³/mol. The quantitative estimate of drug-likeness (QED) is 0.487. The van der Waals surface area contributed by atoms with Crippen LogP contribution in [0.4, 0.5) is 14.5 Å². The van der Waals surface area contributed by atoms with Crippen LogP contribution >= 0.6 is 23.2 Å². The Kier molecular flexibility index (Phi) is 9.18. The molecule has 1 aliphatic carbocycles. The molecular weight excluding hydrogens is 535 g/mol. The first-order valence-electron chi connectivity index (χ1n) is 11.3. The van der Waals surface area contributed by atoms with E-state index in [2.05, 4.69) is 5.32 Å². The van der Waals surface area contributed by atoms with Gasteiger partial charge in [0, 0.05) is 18.7 Å². The van der Waals surface area contributed by atoms with E-state index in [4.69, 9.17) is 23.2 Å². The van der Waals surface area contributed by atoms with Gasteiger partial charge in [-0.1, -0.05) is 42.1 Å². The average Bonchev–Trinajstić information content (AvgIpc) is 3.31. The summed E-state index contributed by atoms with van der Waals surface area (Å²) in [5, 5.41) is 3.51. The number of nitrogens with one attached hydrogen (secondary N) is 1. The van der Waals surface area contributed by atoms with Gasteiger partial charge in [0.25, 0.3) is 0 Å². The normalized spacial score (nSPS) is 14.9. The zero-order valence-corrected chi connectivity index (χ0v) is 22.1. The molecule has 1 fully saturated rings. The lowest BCUT2D eigenvalue weighted by Gasteiger charge is -2.32. The summed E-state index contributed by atoms with van der Waals surface area (Å²) in [6.45, 7) is 0.749. The smallest absolute Gasteiger partial charge is 0.244 e. The molecule has 2 aromatic carbocycles. The first kappa shape index (κ1) is 28.1. The molecular formula is C24H27Cl2F2N3O4S. The maximum Gasteiger partial charge on any atom is 0.244 e.